The lowest BCUT2D eigenvalue weighted by Gasteiger charge is -2.27. The fourth-order valence-electron chi connectivity index (χ4n) is 2.70. The molecule has 0 radical (unpaired) electrons. The molecule has 1 saturated heterocycles. The first kappa shape index (κ1) is 15.6. The molecule has 4 amide bonds. The number of anilines is 1. The van der Waals surface area contributed by atoms with Crippen LogP contribution in [-0.2, 0) is 14.4 Å². The number of rotatable bonds is 4. The van der Waals surface area contributed by atoms with E-state index >= 15 is 0 Å². The number of hydrogen-bond acceptors (Lipinski definition) is 7. The summed E-state index contributed by atoms with van der Waals surface area (Å²) < 4.78 is 0. The van der Waals surface area contributed by atoms with Gasteiger partial charge in [-0.05, 0) is 12.5 Å². The minimum Gasteiger partial charge on any atom is -0.480 e. The predicted octanol–water partition coefficient (Wildman–Crippen LogP) is -1.02. The average molecular weight is 332 g/mol. The number of carboxylic acid groups (broad SMARTS) is 1. The molecule has 0 bridgehead atoms. The molecule has 3 rings (SSSR count). The van der Waals surface area contributed by atoms with Crippen LogP contribution in [-0.4, -0.2) is 57.2 Å². The maximum absolute atomic E-state index is 12.6. The first-order chi connectivity index (χ1) is 11.4. The minimum absolute atomic E-state index is 0.0200. The van der Waals surface area contributed by atoms with Gasteiger partial charge in [-0.25, -0.2) is 4.98 Å². The molecule has 1 aromatic rings. The lowest BCUT2D eigenvalue weighted by atomic mass is 10.0. The van der Waals surface area contributed by atoms with Crippen LogP contribution < -0.4 is 10.6 Å². The molecule has 10 heteroatoms. The fourth-order valence-corrected chi connectivity index (χ4v) is 2.70. The first-order valence-corrected chi connectivity index (χ1v) is 7.06. The van der Waals surface area contributed by atoms with Gasteiger partial charge in [-0.3, -0.25) is 34.2 Å². The number of nitrogens with zero attached hydrogens (tertiary/aromatic N) is 2. The smallest absolute Gasteiger partial charge is 0.322 e. The zero-order chi connectivity index (χ0) is 17.4. The van der Waals surface area contributed by atoms with Gasteiger partial charge in [0.25, 0.3) is 11.8 Å². The molecule has 0 spiro atoms. The summed E-state index contributed by atoms with van der Waals surface area (Å²) in [6.45, 7) is -0.483. The molecule has 0 aliphatic carbocycles. The summed E-state index contributed by atoms with van der Waals surface area (Å²) in [7, 11) is 0. The first-order valence-electron chi connectivity index (χ1n) is 7.06. The third-order valence-electron chi connectivity index (χ3n) is 3.76. The Morgan fingerprint density at radius 3 is 2.75 bits per heavy atom. The highest BCUT2D eigenvalue weighted by atomic mass is 16.4. The molecule has 1 aromatic heterocycles. The van der Waals surface area contributed by atoms with Gasteiger partial charge in [-0.15, -0.1) is 0 Å². The summed E-state index contributed by atoms with van der Waals surface area (Å²) >= 11 is 0. The molecular formula is C14H12N4O6. The molecule has 124 valence electrons. The third-order valence-corrected chi connectivity index (χ3v) is 3.76. The molecule has 24 heavy (non-hydrogen) atoms. The fraction of sp³-hybridized carbons (Fsp3) is 0.286. The molecule has 3 N–H and O–H groups in total. The van der Waals surface area contributed by atoms with Gasteiger partial charge in [-0.2, -0.15) is 0 Å². The average Bonchev–Trinajstić information content (AvgIpc) is 2.78. The molecule has 3 heterocycles. The number of carboxylic acids is 1. The normalized spacial score (nSPS) is 20.0. The van der Waals surface area contributed by atoms with E-state index in [0.717, 1.165) is 4.90 Å². The van der Waals surface area contributed by atoms with E-state index in [1.54, 1.807) is 0 Å². The Hall–Kier alpha value is -3.30. The van der Waals surface area contributed by atoms with Crippen LogP contribution in [0.15, 0.2) is 12.3 Å². The van der Waals surface area contributed by atoms with E-state index in [9.17, 15) is 24.0 Å². The molecule has 0 aromatic carbocycles. The van der Waals surface area contributed by atoms with E-state index in [-0.39, 0.29) is 29.8 Å². The van der Waals surface area contributed by atoms with E-state index in [1.165, 1.54) is 12.3 Å². The summed E-state index contributed by atoms with van der Waals surface area (Å²) in [5.41, 5.74) is -0.0407. The van der Waals surface area contributed by atoms with Crippen molar-refractivity contribution in [2.24, 2.45) is 0 Å². The summed E-state index contributed by atoms with van der Waals surface area (Å²) in [5, 5.41) is 13.3. The van der Waals surface area contributed by atoms with Gasteiger partial charge in [0.2, 0.25) is 11.8 Å². The highest BCUT2D eigenvalue weighted by molar-refractivity contribution is 6.25. The van der Waals surface area contributed by atoms with Crippen molar-refractivity contribution in [3.8, 4) is 0 Å². The minimum atomic E-state index is -1.16. The summed E-state index contributed by atoms with van der Waals surface area (Å²) in [5.74, 6) is -3.79. The van der Waals surface area contributed by atoms with E-state index in [1.807, 2.05) is 0 Å². The number of nitrogens with one attached hydrogen (secondary N) is 2. The number of aromatic nitrogens is 1. The second-order valence-corrected chi connectivity index (χ2v) is 5.28. The van der Waals surface area contributed by atoms with Crippen molar-refractivity contribution in [3.05, 3.63) is 23.4 Å². The number of aliphatic carboxylic acids is 1. The van der Waals surface area contributed by atoms with Crippen LogP contribution in [0.2, 0.25) is 0 Å². The van der Waals surface area contributed by atoms with E-state index in [2.05, 4.69) is 15.6 Å². The number of imide groups is 2. The quantitative estimate of drug-likeness (QED) is 0.594. The van der Waals surface area contributed by atoms with Crippen LogP contribution in [0.1, 0.15) is 33.6 Å². The SMILES string of the molecule is O=C(O)CNc1nccc2c1C(=O)N(C1CCC(=O)NC1=O)C2=O. The molecule has 10 nitrogen and oxygen atoms in total. The van der Waals surface area contributed by atoms with Crippen molar-refractivity contribution in [2.75, 3.05) is 11.9 Å². The van der Waals surface area contributed by atoms with Crippen molar-refractivity contribution >= 4 is 35.4 Å². The van der Waals surface area contributed by atoms with Gasteiger partial charge < -0.3 is 10.4 Å². The number of hydrogen-bond donors (Lipinski definition) is 3. The number of piperidine rings is 1. The number of amides is 4. The van der Waals surface area contributed by atoms with Crippen LogP contribution in [0.25, 0.3) is 0 Å². The number of fused-ring (bicyclic) bond motifs is 1. The Labute approximate surface area is 134 Å². The summed E-state index contributed by atoms with van der Waals surface area (Å²) in [6, 6.07) is 0.246. The molecule has 1 fully saturated rings. The van der Waals surface area contributed by atoms with Crippen molar-refractivity contribution in [1.29, 1.82) is 0 Å². The Kier molecular flexibility index (Phi) is 3.72. The topological polar surface area (TPSA) is 146 Å². The van der Waals surface area contributed by atoms with E-state index in [0.29, 0.717) is 0 Å². The predicted molar refractivity (Wildman–Crippen MR) is 77.0 cm³/mol. The standard InChI is InChI=1S/C14H12N4O6/c19-8-2-1-7(12(22)17-8)18-13(23)6-3-4-15-11(10(6)14(18)24)16-5-9(20)21/h3-4,7H,1-2,5H2,(H,15,16)(H,20,21)(H,17,19,22). The Morgan fingerprint density at radius 2 is 2.08 bits per heavy atom. The van der Waals surface area contributed by atoms with Crippen molar-refractivity contribution < 1.29 is 29.1 Å². The van der Waals surface area contributed by atoms with Crippen molar-refractivity contribution in [3.63, 3.8) is 0 Å². The van der Waals surface area contributed by atoms with E-state index in [4.69, 9.17) is 5.11 Å². The molecular weight excluding hydrogens is 320 g/mol. The Morgan fingerprint density at radius 1 is 1.33 bits per heavy atom. The molecule has 2 aliphatic rings. The number of pyridine rings is 1. The second-order valence-electron chi connectivity index (χ2n) is 5.28. The summed E-state index contributed by atoms with van der Waals surface area (Å²) in [6.07, 6.45) is 1.33. The van der Waals surface area contributed by atoms with E-state index < -0.39 is 42.2 Å². The van der Waals surface area contributed by atoms with Crippen LogP contribution in [0.3, 0.4) is 0 Å². The van der Waals surface area contributed by atoms with Crippen molar-refractivity contribution in [1.82, 2.24) is 15.2 Å². The highest BCUT2D eigenvalue weighted by Crippen LogP contribution is 2.30. The van der Waals surface area contributed by atoms with Gasteiger partial charge in [0.1, 0.15) is 18.4 Å². The van der Waals surface area contributed by atoms with Crippen LogP contribution in [0.5, 0.6) is 0 Å². The molecule has 2 aliphatic heterocycles. The van der Waals surface area contributed by atoms with Gasteiger partial charge >= 0.3 is 5.97 Å². The van der Waals surface area contributed by atoms with Crippen LogP contribution in [0, 0.1) is 0 Å². The Balaban J connectivity index is 1.94. The molecule has 0 saturated carbocycles. The summed E-state index contributed by atoms with van der Waals surface area (Å²) in [4.78, 5) is 63.6. The maximum atomic E-state index is 12.6. The largest absolute Gasteiger partial charge is 0.480 e. The lowest BCUT2D eigenvalue weighted by Crippen LogP contribution is -2.54. The van der Waals surface area contributed by atoms with Crippen molar-refractivity contribution in [2.45, 2.75) is 18.9 Å². The highest BCUT2D eigenvalue weighted by Gasteiger charge is 2.46. The zero-order valence-corrected chi connectivity index (χ0v) is 12.2. The van der Waals surface area contributed by atoms with Crippen LogP contribution in [0.4, 0.5) is 5.82 Å². The lowest BCUT2D eigenvalue weighted by molar-refractivity contribution is -0.137. The zero-order valence-electron chi connectivity index (χ0n) is 12.2. The number of carbonyl (C=O) groups excluding carboxylic acids is 4. The maximum Gasteiger partial charge on any atom is 0.322 e. The van der Waals surface area contributed by atoms with Gasteiger partial charge in [0.15, 0.2) is 0 Å². The van der Waals surface area contributed by atoms with Gasteiger partial charge in [-0.1, -0.05) is 0 Å². The third kappa shape index (κ3) is 2.47. The molecule has 1 atom stereocenters. The molecule has 1 unspecified atom stereocenters. The van der Waals surface area contributed by atoms with Crippen LogP contribution >= 0.6 is 0 Å². The van der Waals surface area contributed by atoms with Gasteiger partial charge in [0.05, 0.1) is 11.1 Å². The monoisotopic (exact) mass is 332 g/mol. The van der Waals surface area contributed by atoms with Gasteiger partial charge in [0, 0.05) is 12.6 Å². The number of carbonyl (C=O) groups is 5. The Bertz CT molecular complexity index is 789. The second kappa shape index (κ2) is 5.72.